The number of benzene rings is 2. The maximum absolute atomic E-state index is 13.1. The van der Waals surface area contributed by atoms with E-state index in [9.17, 15) is 9.59 Å². The zero-order valence-corrected chi connectivity index (χ0v) is 25.2. The number of hydrogen-bond acceptors (Lipinski definition) is 8. The lowest BCUT2D eigenvalue weighted by atomic mass is 9.99. The van der Waals surface area contributed by atoms with E-state index in [1.165, 1.54) is 0 Å². The molecule has 41 heavy (non-hydrogen) atoms. The van der Waals surface area contributed by atoms with Gasteiger partial charge in [-0.1, -0.05) is 23.7 Å². The van der Waals surface area contributed by atoms with Crippen molar-refractivity contribution in [3.05, 3.63) is 58.6 Å². The largest absolute Gasteiger partial charge is 0.497 e. The number of anilines is 1. The number of methoxy groups -OCH3 is 1. The number of halogens is 1. The summed E-state index contributed by atoms with van der Waals surface area (Å²) < 4.78 is 10.8. The Kier molecular flexibility index (Phi) is 10.1. The van der Waals surface area contributed by atoms with Crippen LogP contribution in [0.15, 0.2) is 47.5 Å². The number of unbranched alkanes of at least 4 members (excludes halogenated alkanes) is 2. The molecule has 2 amide bonds. The molecular weight excluding hydrogens is 544 g/mol. The number of aliphatic imine (C=N–C) groups is 1. The molecule has 0 saturated carbocycles. The second-order valence-corrected chi connectivity index (χ2v) is 11.7. The molecule has 2 aromatic carbocycles. The summed E-state index contributed by atoms with van der Waals surface area (Å²) >= 11 is 6.19. The highest BCUT2D eigenvalue weighted by Crippen LogP contribution is 2.36. The van der Waals surface area contributed by atoms with E-state index in [-0.39, 0.29) is 30.7 Å². The van der Waals surface area contributed by atoms with E-state index in [2.05, 4.69) is 33.3 Å². The lowest BCUT2D eigenvalue weighted by Gasteiger charge is -2.31. The van der Waals surface area contributed by atoms with Gasteiger partial charge in [0.2, 0.25) is 5.91 Å². The zero-order valence-electron chi connectivity index (χ0n) is 24.4. The average molecular weight is 585 g/mol. The second-order valence-electron chi connectivity index (χ2n) is 11.3. The van der Waals surface area contributed by atoms with Crippen molar-refractivity contribution in [3.8, 4) is 5.75 Å². The number of rotatable bonds is 10. The average Bonchev–Trinajstić information content (AvgIpc) is 3.24. The van der Waals surface area contributed by atoms with Crippen molar-refractivity contribution in [1.82, 2.24) is 21.5 Å². The number of alkyl carbamates (subject to hydrolysis) is 1. The summed E-state index contributed by atoms with van der Waals surface area (Å²) in [6.07, 6.45) is 2.03. The van der Waals surface area contributed by atoms with Gasteiger partial charge in [-0.05, 0) is 77.3 Å². The first kappa shape index (κ1) is 30.6. The molecule has 0 radical (unpaired) electrons. The number of nitrogens with zero attached hydrogens (tertiary/aromatic N) is 2. The summed E-state index contributed by atoms with van der Waals surface area (Å²) in [5.41, 5.74) is 9.77. The van der Waals surface area contributed by atoms with E-state index < -0.39 is 11.7 Å². The number of fused-ring (bicyclic) bond motifs is 3. The summed E-state index contributed by atoms with van der Waals surface area (Å²) in [7, 11) is 1.65. The third-order valence-corrected chi connectivity index (χ3v) is 7.16. The highest BCUT2D eigenvalue weighted by atomic mass is 35.5. The van der Waals surface area contributed by atoms with Crippen molar-refractivity contribution >= 4 is 35.0 Å². The molecule has 222 valence electrons. The van der Waals surface area contributed by atoms with Crippen LogP contribution in [0.25, 0.3) is 0 Å². The predicted octanol–water partition coefficient (Wildman–Crippen LogP) is 4.36. The van der Waals surface area contributed by atoms with Gasteiger partial charge in [0.05, 0.1) is 31.4 Å². The molecule has 1 saturated heterocycles. The van der Waals surface area contributed by atoms with Crippen LogP contribution in [-0.2, 0) is 9.53 Å². The van der Waals surface area contributed by atoms with Crippen LogP contribution in [0.4, 0.5) is 10.5 Å². The number of carbonyl (C=O) groups is 2. The van der Waals surface area contributed by atoms with Crippen LogP contribution in [0.2, 0.25) is 5.02 Å². The number of ether oxygens (including phenoxy) is 2. The van der Waals surface area contributed by atoms with Gasteiger partial charge in [0, 0.05) is 34.9 Å². The quantitative estimate of drug-likeness (QED) is 0.307. The first-order chi connectivity index (χ1) is 19.6. The Labute approximate surface area is 247 Å². The normalized spacial score (nSPS) is 19.9. The number of nitrogens with one attached hydrogen (secondary N) is 4. The van der Waals surface area contributed by atoms with Crippen LogP contribution in [0.5, 0.6) is 5.75 Å². The third-order valence-electron chi connectivity index (χ3n) is 6.91. The van der Waals surface area contributed by atoms with Crippen molar-refractivity contribution < 1.29 is 19.1 Å². The number of amides is 2. The predicted molar refractivity (Wildman–Crippen MR) is 162 cm³/mol. The van der Waals surface area contributed by atoms with Crippen molar-refractivity contribution in [2.45, 2.75) is 77.4 Å². The minimum absolute atomic E-state index is 0.0215. The van der Waals surface area contributed by atoms with Gasteiger partial charge in [0.1, 0.15) is 17.5 Å². The third kappa shape index (κ3) is 8.12. The molecule has 11 heteroatoms. The molecule has 4 rings (SSSR count). The van der Waals surface area contributed by atoms with Gasteiger partial charge in [-0.25, -0.2) is 15.6 Å². The summed E-state index contributed by atoms with van der Waals surface area (Å²) in [4.78, 5) is 32.3. The molecule has 0 aromatic heterocycles. The van der Waals surface area contributed by atoms with Gasteiger partial charge >= 0.3 is 6.09 Å². The van der Waals surface area contributed by atoms with Crippen LogP contribution in [0.1, 0.15) is 64.5 Å². The monoisotopic (exact) mass is 584 g/mol. The Balaban J connectivity index is 1.42. The highest BCUT2D eigenvalue weighted by molar-refractivity contribution is 6.30. The van der Waals surface area contributed by atoms with Crippen molar-refractivity contribution in [2.75, 3.05) is 25.1 Å². The lowest BCUT2D eigenvalue weighted by Crippen LogP contribution is -2.47. The number of hydrogen-bond donors (Lipinski definition) is 4. The number of hydrazine groups is 1. The van der Waals surface area contributed by atoms with Gasteiger partial charge < -0.3 is 25.0 Å². The van der Waals surface area contributed by atoms with Crippen LogP contribution in [0.3, 0.4) is 0 Å². The van der Waals surface area contributed by atoms with Gasteiger partial charge in [-0.15, -0.1) is 0 Å². The molecule has 2 aromatic rings. The lowest BCUT2D eigenvalue weighted by molar-refractivity contribution is -0.121. The molecule has 1 fully saturated rings. The molecule has 10 nitrogen and oxygen atoms in total. The Hall–Kier alpha value is -3.34. The molecule has 0 spiro atoms. The molecule has 2 heterocycles. The van der Waals surface area contributed by atoms with E-state index in [4.69, 9.17) is 26.1 Å². The fourth-order valence-corrected chi connectivity index (χ4v) is 5.13. The Morgan fingerprint density at radius 2 is 1.73 bits per heavy atom. The SMILES string of the molecule is COc1ccc2c(c1)C(c1ccc(Cl)cc1)=NC(CC(=O)NCCCCCNC(=O)OC(C)(C)C)C1NNC(C)N21. The molecule has 3 atom stereocenters. The first-order valence-corrected chi connectivity index (χ1v) is 14.5. The maximum atomic E-state index is 13.1. The van der Waals surface area contributed by atoms with Crippen molar-refractivity contribution in [2.24, 2.45) is 4.99 Å². The maximum Gasteiger partial charge on any atom is 0.407 e. The molecule has 4 N–H and O–H groups in total. The fraction of sp³-hybridized carbons (Fsp3) is 0.500. The smallest absolute Gasteiger partial charge is 0.407 e. The topological polar surface area (TPSA) is 116 Å². The highest BCUT2D eigenvalue weighted by Gasteiger charge is 2.40. The van der Waals surface area contributed by atoms with E-state index in [1.54, 1.807) is 7.11 Å². The molecule has 0 aliphatic carbocycles. The Bertz CT molecular complexity index is 1250. The van der Waals surface area contributed by atoms with Gasteiger partial charge in [-0.3, -0.25) is 9.79 Å². The van der Waals surface area contributed by atoms with Crippen LogP contribution in [-0.4, -0.2) is 61.9 Å². The summed E-state index contributed by atoms with van der Waals surface area (Å²) in [5.74, 6) is 0.665. The van der Waals surface area contributed by atoms with E-state index in [1.807, 2.05) is 63.2 Å². The van der Waals surface area contributed by atoms with E-state index >= 15 is 0 Å². The molecule has 2 aliphatic heterocycles. The molecular formula is C30H41ClN6O4. The van der Waals surface area contributed by atoms with Crippen LogP contribution < -0.4 is 31.1 Å². The molecule has 0 bridgehead atoms. The molecule has 3 unspecified atom stereocenters. The number of carbonyl (C=O) groups excluding carboxylic acids is 2. The van der Waals surface area contributed by atoms with Crippen molar-refractivity contribution in [1.29, 1.82) is 0 Å². The minimum atomic E-state index is -0.514. The standard InChI is InChI=1S/C30H41ClN6O4/c1-19-35-36-28-24(18-26(38)32-15-7-6-8-16-33-29(39)41-30(2,3)4)34-27(20-9-11-21(31)12-10-20)23-17-22(40-5)13-14-25(23)37(19)28/h9-14,17,19,24,28,35-36H,6-8,15-16,18H2,1-5H3,(H,32,38)(H,33,39). The first-order valence-electron chi connectivity index (χ1n) is 14.1. The summed E-state index contributed by atoms with van der Waals surface area (Å²) in [6, 6.07) is 13.2. The fourth-order valence-electron chi connectivity index (χ4n) is 5.01. The zero-order chi connectivity index (χ0) is 29.6. The summed E-state index contributed by atoms with van der Waals surface area (Å²) in [5, 5.41) is 6.46. The van der Waals surface area contributed by atoms with Crippen LogP contribution in [0, 0.1) is 0 Å². The molecule has 2 aliphatic rings. The van der Waals surface area contributed by atoms with E-state index in [0.29, 0.717) is 18.1 Å². The van der Waals surface area contributed by atoms with Gasteiger partial charge in [0.25, 0.3) is 0 Å². The van der Waals surface area contributed by atoms with Gasteiger partial charge in [0.15, 0.2) is 0 Å². The Morgan fingerprint density at radius 3 is 2.41 bits per heavy atom. The summed E-state index contributed by atoms with van der Waals surface area (Å²) in [6.45, 7) is 8.67. The second kappa shape index (κ2) is 13.5. The minimum Gasteiger partial charge on any atom is -0.497 e. The van der Waals surface area contributed by atoms with Crippen molar-refractivity contribution in [3.63, 3.8) is 0 Å². The Morgan fingerprint density at radius 1 is 1.02 bits per heavy atom. The van der Waals surface area contributed by atoms with Crippen LogP contribution >= 0.6 is 11.6 Å². The van der Waals surface area contributed by atoms with E-state index in [0.717, 1.165) is 47.5 Å². The van der Waals surface area contributed by atoms with Gasteiger partial charge in [-0.2, -0.15) is 0 Å².